The minimum Gasteiger partial charge on any atom is -0.462 e. The Balaban J connectivity index is 2.33. The predicted molar refractivity (Wildman–Crippen MR) is 251 cm³/mol. The quantitative estimate of drug-likeness (QED) is 0.0486. The molecule has 7 nitrogen and oxygen atoms in total. The van der Waals surface area contributed by atoms with Crippen LogP contribution in [-0.4, -0.2) is 61.1 Å². The Morgan fingerprint density at radius 2 is 0.831 bits per heavy atom. The maximum Gasteiger partial charge on any atom is 0.306 e. The lowest BCUT2D eigenvalue weighted by Crippen LogP contribution is -2.34. The van der Waals surface area contributed by atoms with Crippen molar-refractivity contribution in [3.8, 4) is 0 Å². The summed E-state index contributed by atoms with van der Waals surface area (Å²) in [4.78, 5) is 40.4. The molecule has 0 saturated heterocycles. The molecule has 348 valence electrons. The van der Waals surface area contributed by atoms with Crippen LogP contribution < -0.4 is 5.32 Å². The molecule has 0 aromatic heterocycles. The first-order valence-corrected chi connectivity index (χ1v) is 26.2. The molecule has 1 fully saturated rings. The molecule has 1 rings (SSSR count). The van der Waals surface area contributed by atoms with Gasteiger partial charge in [-0.1, -0.05) is 169 Å². The van der Waals surface area contributed by atoms with Crippen LogP contribution in [0.2, 0.25) is 0 Å². The summed E-state index contributed by atoms with van der Waals surface area (Å²) in [5.74, 6) is 0.235. The molecule has 7 heteroatoms. The Morgan fingerprint density at radius 1 is 0.475 bits per heavy atom. The van der Waals surface area contributed by atoms with E-state index in [-0.39, 0.29) is 35.5 Å². The molecule has 1 aliphatic carbocycles. The summed E-state index contributed by atoms with van der Waals surface area (Å²) < 4.78 is 11.9. The fraction of sp³-hybridized carbons (Fsp3) is 0.942. The number of hydrogen-bond donors (Lipinski definition) is 1. The summed E-state index contributed by atoms with van der Waals surface area (Å²) in [5, 5.41) is 3.18. The van der Waals surface area contributed by atoms with Crippen molar-refractivity contribution in [3.05, 3.63) is 0 Å². The van der Waals surface area contributed by atoms with E-state index < -0.39 is 0 Å². The zero-order valence-electron chi connectivity index (χ0n) is 40.1. The Labute approximate surface area is 366 Å². The number of hydrogen-bond acceptors (Lipinski definition) is 6. The highest BCUT2D eigenvalue weighted by Crippen LogP contribution is 2.44. The zero-order valence-corrected chi connectivity index (χ0v) is 40.1. The molecule has 1 unspecified atom stereocenters. The van der Waals surface area contributed by atoms with Gasteiger partial charge in [-0.25, -0.2) is 0 Å². The minimum absolute atomic E-state index is 0.0112. The number of ether oxygens (including phenoxy) is 2. The fourth-order valence-corrected chi connectivity index (χ4v) is 8.29. The number of nitrogens with zero attached hydrogens (tertiary/aromatic N) is 1. The highest BCUT2D eigenvalue weighted by atomic mass is 16.5. The standard InChI is InChI=1S/C52H100N2O5/c1-6-10-13-16-21-28-36-47(9-4)58-49(55)39-31-24-19-26-33-44-54(46-35-43-53-51(57)52(5)41-42-52)45-34-27-20-25-32-40-50(56)59-48(37-29-22-17-14-11-7-2)38-30-23-18-15-12-8-3/h47-48H,6-46H2,1-5H3,(H,53,57). The molecule has 0 aliphatic heterocycles. The highest BCUT2D eigenvalue weighted by molar-refractivity contribution is 5.84. The van der Waals surface area contributed by atoms with Crippen molar-refractivity contribution in [1.29, 1.82) is 0 Å². The molecule has 1 aliphatic rings. The third kappa shape index (κ3) is 33.7. The normalized spacial score (nSPS) is 13.9. The molecule has 59 heavy (non-hydrogen) atoms. The predicted octanol–water partition coefficient (Wildman–Crippen LogP) is 14.8. The molecule has 0 heterocycles. The van der Waals surface area contributed by atoms with Crippen LogP contribution in [-0.2, 0) is 23.9 Å². The Morgan fingerprint density at radius 3 is 1.25 bits per heavy atom. The first-order chi connectivity index (χ1) is 28.8. The van der Waals surface area contributed by atoms with Crippen LogP contribution in [0.3, 0.4) is 0 Å². The van der Waals surface area contributed by atoms with Crippen molar-refractivity contribution in [3.63, 3.8) is 0 Å². The molecule has 0 aromatic rings. The van der Waals surface area contributed by atoms with Crippen LogP contribution in [0.1, 0.15) is 272 Å². The van der Waals surface area contributed by atoms with Gasteiger partial charge in [0.05, 0.1) is 0 Å². The van der Waals surface area contributed by atoms with Crippen molar-refractivity contribution < 1.29 is 23.9 Å². The van der Waals surface area contributed by atoms with E-state index in [1.54, 1.807) is 0 Å². The smallest absolute Gasteiger partial charge is 0.306 e. The molecule has 1 saturated carbocycles. The maximum absolute atomic E-state index is 12.9. The van der Waals surface area contributed by atoms with E-state index in [1.807, 2.05) is 0 Å². The summed E-state index contributed by atoms with van der Waals surface area (Å²) >= 11 is 0. The molecule has 1 N–H and O–H groups in total. The van der Waals surface area contributed by atoms with Gasteiger partial charge in [0.1, 0.15) is 12.2 Å². The molecule has 0 spiro atoms. The summed E-state index contributed by atoms with van der Waals surface area (Å²) in [6.45, 7) is 14.9. The molecule has 1 atom stereocenters. The highest BCUT2D eigenvalue weighted by Gasteiger charge is 2.44. The molecule has 1 amide bonds. The SMILES string of the molecule is CCCCCCCCC(CC)OC(=O)CCCCCCCN(CCCCCCCC(=O)OC(CCCCCCCC)CCCCCCCC)CCCNC(=O)C1(C)CC1. The van der Waals surface area contributed by atoms with Crippen LogP contribution in [0.25, 0.3) is 0 Å². The van der Waals surface area contributed by atoms with Gasteiger partial charge in [-0.05, 0) is 110 Å². The third-order valence-electron chi connectivity index (χ3n) is 12.9. The second-order valence-corrected chi connectivity index (χ2v) is 18.8. The number of rotatable bonds is 45. The molecular formula is C52H100N2O5. The minimum atomic E-state index is -0.110. The Hall–Kier alpha value is -1.63. The van der Waals surface area contributed by atoms with Crippen LogP contribution >= 0.6 is 0 Å². The van der Waals surface area contributed by atoms with Gasteiger partial charge in [0.25, 0.3) is 0 Å². The number of esters is 2. The van der Waals surface area contributed by atoms with E-state index in [9.17, 15) is 14.4 Å². The topological polar surface area (TPSA) is 84.9 Å². The molecular weight excluding hydrogens is 733 g/mol. The van der Waals surface area contributed by atoms with Gasteiger partial charge in [-0.15, -0.1) is 0 Å². The van der Waals surface area contributed by atoms with E-state index >= 15 is 0 Å². The van der Waals surface area contributed by atoms with Crippen molar-refractivity contribution >= 4 is 17.8 Å². The lowest BCUT2D eigenvalue weighted by molar-refractivity contribution is -0.150. The number of nitrogens with one attached hydrogen (secondary N) is 1. The summed E-state index contributed by atoms with van der Waals surface area (Å²) in [6.07, 6.45) is 42.4. The third-order valence-corrected chi connectivity index (χ3v) is 12.9. The van der Waals surface area contributed by atoms with Crippen molar-refractivity contribution in [2.24, 2.45) is 5.41 Å². The average molecular weight is 833 g/mol. The van der Waals surface area contributed by atoms with Crippen LogP contribution in [0.4, 0.5) is 0 Å². The van der Waals surface area contributed by atoms with Gasteiger partial charge >= 0.3 is 11.9 Å². The van der Waals surface area contributed by atoms with E-state index in [2.05, 4.69) is 44.8 Å². The van der Waals surface area contributed by atoms with Crippen molar-refractivity contribution in [2.45, 2.75) is 284 Å². The average Bonchev–Trinajstić information content (AvgIpc) is 3.99. The Kier molecular flexibility index (Phi) is 36.8. The molecule has 0 aromatic carbocycles. The lowest BCUT2D eigenvalue weighted by Gasteiger charge is -2.23. The fourth-order valence-electron chi connectivity index (χ4n) is 8.29. The van der Waals surface area contributed by atoms with Gasteiger partial charge < -0.3 is 19.7 Å². The monoisotopic (exact) mass is 833 g/mol. The summed E-state index contributed by atoms with van der Waals surface area (Å²) in [7, 11) is 0. The van der Waals surface area contributed by atoms with Gasteiger partial charge in [0.2, 0.25) is 5.91 Å². The zero-order chi connectivity index (χ0) is 43.1. The number of carbonyl (C=O) groups is 3. The lowest BCUT2D eigenvalue weighted by atomic mass is 10.0. The molecule has 0 bridgehead atoms. The van der Waals surface area contributed by atoms with Gasteiger partial charge in [0, 0.05) is 24.8 Å². The first kappa shape index (κ1) is 55.4. The van der Waals surface area contributed by atoms with Crippen molar-refractivity contribution in [1.82, 2.24) is 10.2 Å². The summed E-state index contributed by atoms with van der Waals surface area (Å²) in [6, 6.07) is 0. The number of unbranched alkanes of at least 4 members (excludes halogenated alkanes) is 23. The van der Waals surface area contributed by atoms with E-state index in [4.69, 9.17) is 9.47 Å². The molecule has 0 radical (unpaired) electrons. The van der Waals surface area contributed by atoms with Gasteiger partial charge in [0.15, 0.2) is 0 Å². The maximum atomic E-state index is 12.9. The van der Waals surface area contributed by atoms with E-state index in [0.717, 1.165) is 116 Å². The van der Waals surface area contributed by atoms with E-state index in [1.165, 1.54) is 135 Å². The summed E-state index contributed by atoms with van der Waals surface area (Å²) in [5.41, 5.74) is -0.110. The second-order valence-electron chi connectivity index (χ2n) is 18.8. The van der Waals surface area contributed by atoms with Crippen LogP contribution in [0, 0.1) is 5.41 Å². The number of carbonyl (C=O) groups excluding carboxylic acids is 3. The Bertz CT molecular complexity index is 968. The van der Waals surface area contributed by atoms with E-state index in [0.29, 0.717) is 12.8 Å². The second kappa shape index (κ2) is 39.2. The van der Waals surface area contributed by atoms with Crippen LogP contribution in [0.15, 0.2) is 0 Å². The first-order valence-electron chi connectivity index (χ1n) is 26.2. The number of amides is 1. The van der Waals surface area contributed by atoms with Crippen LogP contribution in [0.5, 0.6) is 0 Å². The largest absolute Gasteiger partial charge is 0.462 e. The van der Waals surface area contributed by atoms with Gasteiger partial charge in [-0.3, -0.25) is 14.4 Å². The van der Waals surface area contributed by atoms with Gasteiger partial charge in [-0.2, -0.15) is 0 Å². The van der Waals surface area contributed by atoms with Crippen molar-refractivity contribution in [2.75, 3.05) is 26.2 Å².